The molecule has 33 heavy (non-hydrogen) atoms. The Balaban J connectivity index is 1.60. The molecule has 180 valence electrons. The van der Waals surface area contributed by atoms with Crippen molar-refractivity contribution in [2.45, 2.75) is 64.3 Å². The monoisotopic (exact) mass is 461 g/mol. The highest BCUT2D eigenvalue weighted by atomic mass is 19.1. The number of aromatic nitrogens is 1. The lowest BCUT2D eigenvalue weighted by Gasteiger charge is -2.32. The Morgan fingerprint density at radius 3 is 2.52 bits per heavy atom. The van der Waals surface area contributed by atoms with Gasteiger partial charge in [-0.25, -0.2) is 4.98 Å². The van der Waals surface area contributed by atoms with E-state index in [2.05, 4.69) is 10.3 Å². The largest absolute Gasteiger partial charge is 0.395 e. The number of pyridine rings is 1. The first-order valence-electron chi connectivity index (χ1n) is 11.7. The van der Waals surface area contributed by atoms with Crippen LogP contribution in [0.5, 0.6) is 0 Å². The molecular formula is C23H32FN5O4. The van der Waals surface area contributed by atoms with Gasteiger partial charge in [0.25, 0.3) is 5.91 Å². The second kappa shape index (κ2) is 11.2. The van der Waals surface area contributed by atoms with Gasteiger partial charge in [0, 0.05) is 32.5 Å². The van der Waals surface area contributed by atoms with Gasteiger partial charge < -0.3 is 16.0 Å². The highest BCUT2D eigenvalue weighted by Gasteiger charge is 2.39. The fraction of sp³-hybridized carbons (Fsp3) is 0.609. The highest BCUT2D eigenvalue weighted by molar-refractivity contribution is 6.05. The molecule has 0 radical (unpaired) electrons. The van der Waals surface area contributed by atoms with Gasteiger partial charge in [-0.15, -0.1) is 0 Å². The number of anilines is 1. The van der Waals surface area contributed by atoms with E-state index in [4.69, 9.17) is 5.73 Å². The summed E-state index contributed by atoms with van der Waals surface area (Å²) in [6, 6.07) is 1.84. The van der Waals surface area contributed by atoms with Crippen molar-refractivity contribution in [3.63, 3.8) is 0 Å². The number of rotatable bonds is 10. The van der Waals surface area contributed by atoms with Gasteiger partial charge in [0.2, 0.25) is 23.7 Å². The van der Waals surface area contributed by atoms with Crippen molar-refractivity contribution in [1.82, 2.24) is 20.1 Å². The van der Waals surface area contributed by atoms with Crippen LogP contribution in [0.3, 0.4) is 0 Å². The number of nitrogens with one attached hydrogen (secondary N) is 1. The van der Waals surface area contributed by atoms with Crippen LogP contribution >= 0.6 is 0 Å². The number of halogens is 1. The predicted octanol–water partition coefficient (Wildman–Crippen LogP) is 1.87. The van der Waals surface area contributed by atoms with Gasteiger partial charge in [-0.1, -0.05) is 19.8 Å². The standard InChI is InChI=1S/C23H32FN5O4/c1-2-18(29-19(30)10-11-20(29)31)23(33)28(14-15-6-3-4-7-15)13-5-12-26-22(32)17-9-8-16(25)21(24)27-17/h8-9,15,18H,2-7,10-14,25H2,1H3,(H,26,32). The van der Waals surface area contributed by atoms with Crippen molar-refractivity contribution in [3.05, 3.63) is 23.8 Å². The minimum absolute atomic E-state index is 0.0716. The lowest BCUT2D eigenvalue weighted by atomic mass is 10.1. The quantitative estimate of drug-likeness (QED) is 0.311. The number of imide groups is 1. The molecule has 1 aliphatic heterocycles. The van der Waals surface area contributed by atoms with Crippen LogP contribution in [-0.4, -0.2) is 64.1 Å². The van der Waals surface area contributed by atoms with Crippen LogP contribution in [0.15, 0.2) is 12.1 Å². The van der Waals surface area contributed by atoms with Crippen LogP contribution in [-0.2, 0) is 14.4 Å². The summed E-state index contributed by atoms with van der Waals surface area (Å²) in [6.45, 7) is 3.02. The van der Waals surface area contributed by atoms with Crippen molar-refractivity contribution in [2.75, 3.05) is 25.4 Å². The first-order chi connectivity index (χ1) is 15.8. The maximum atomic E-state index is 13.5. The van der Waals surface area contributed by atoms with E-state index in [0.29, 0.717) is 31.8 Å². The van der Waals surface area contributed by atoms with E-state index in [0.717, 1.165) is 30.6 Å². The molecule has 10 heteroatoms. The van der Waals surface area contributed by atoms with Gasteiger partial charge in [0.15, 0.2) is 0 Å². The maximum absolute atomic E-state index is 13.5. The van der Waals surface area contributed by atoms with Gasteiger partial charge in [-0.2, -0.15) is 4.39 Å². The van der Waals surface area contributed by atoms with E-state index in [9.17, 15) is 23.6 Å². The molecule has 1 aliphatic carbocycles. The number of hydrogen-bond donors (Lipinski definition) is 2. The Morgan fingerprint density at radius 1 is 1.24 bits per heavy atom. The minimum Gasteiger partial charge on any atom is -0.395 e. The number of amides is 4. The zero-order valence-corrected chi connectivity index (χ0v) is 19.0. The van der Waals surface area contributed by atoms with Gasteiger partial charge in [0.05, 0.1) is 5.69 Å². The number of likely N-dealkylation sites (tertiary alicyclic amines) is 1. The van der Waals surface area contributed by atoms with Crippen LogP contribution in [0.2, 0.25) is 0 Å². The Hall–Kier alpha value is -3.04. The fourth-order valence-electron chi connectivity index (χ4n) is 4.55. The number of nitrogen functional groups attached to an aromatic ring is 1. The van der Waals surface area contributed by atoms with Gasteiger partial charge in [0.1, 0.15) is 11.7 Å². The minimum atomic E-state index is -0.896. The summed E-state index contributed by atoms with van der Waals surface area (Å²) in [4.78, 5) is 56.4. The van der Waals surface area contributed by atoms with Crippen LogP contribution in [0.4, 0.5) is 10.1 Å². The average molecular weight is 462 g/mol. The third kappa shape index (κ3) is 6.06. The van der Waals surface area contributed by atoms with Crippen molar-refractivity contribution < 1.29 is 23.6 Å². The zero-order valence-electron chi connectivity index (χ0n) is 19.0. The van der Waals surface area contributed by atoms with E-state index in [1.165, 1.54) is 12.1 Å². The molecule has 0 bridgehead atoms. The van der Waals surface area contributed by atoms with E-state index in [1.54, 1.807) is 11.8 Å². The third-order valence-corrected chi connectivity index (χ3v) is 6.34. The maximum Gasteiger partial charge on any atom is 0.269 e. The predicted molar refractivity (Wildman–Crippen MR) is 119 cm³/mol. The van der Waals surface area contributed by atoms with E-state index < -0.39 is 17.9 Å². The summed E-state index contributed by atoms with van der Waals surface area (Å²) in [5, 5.41) is 2.68. The summed E-state index contributed by atoms with van der Waals surface area (Å²) in [6.07, 6.45) is 5.50. The van der Waals surface area contributed by atoms with Crippen molar-refractivity contribution in [1.29, 1.82) is 0 Å². The topological polar surface area (TPSA) is 126 Å². The molecule has 3 rings (SSSR count). The molecule has 2 fully saturated rings. The molecule has 1 unspecified atom stereocenters. The third-order valence-electron chi connectivity index (χ3n) is 6.34. The lowest BCUT2D eigenvalue weighted by Crippen LogP contribution is -2.51. The molecular weight excluding hydrogens is 429 g/mol. The SMILES string of the molecule is CCC(C(=O)N(CCCNC(=O)c1ccc(N)c(F)n1)CC1CCCC1)N1C(=O)CCC1=O. The summed E-state index contributed by atoms with van der Waals surface area (Å²) < 4.78 is 13.5. The molecule has 2 heterocycles. The Labute approximate surface area is 192 Å². The van der Waals surface area contributed by atoms with E-state index in [-0.39, 0.29) is 48.5 Å². The number of carbonyl (C=O) groups is 4. The molecule has 2 aliphatic rings. The van der Waals surface area contributed by atoms with Crippen molar-refractivity contribution in [3.8, 4) is 0 Å². The second-order valence-corrected chi connectivity index (χ2v) is 8.70. The molecule has 1 saturated heterocycles. The molecule has 1 saturated carbocycles. The van der Waals surface area contributed by atoms with Crippen LogP contribution in [0.25, 0.3) is 0 Å². The Bertz CT molecular complexity index is 887. The number of hydrogen-bond acceptors (Lipinski definition) is 6. The average Bonchev–Trinajstić information content (AvgIpc) is 3.43. The van der Waals surface area contributed by atoms with E-state index >= 15 is 0 Å². The normalized spacial score (nSPS) is 17.5. The summed E-state index contributed by atoms with van der Waals surface area (Å²) in [7, 11) is 0. The molecule has 1 aromatic heterocycles. The first kappa shape index (κ1) is 24.6. The molecule has 9 nitrogen and oxygen atoms in total. The molecule has 3 N–H and O–H groups in total. The first-order valence-corrected chi connectivity index (χ1v) is 11.7. The van der Waals surface area contributed by atoms with Gasteiger partial charge >= 0.3 is 0 Å². The van der Waals surface area contributed by atoms with Crippen molar-refractivity contribution in [2.24, 2.45) is 5.92 Å². The summed E-state index contributed by atoms with van der Waals surface area (Å²) in [5.41, 5.74) is 5.18. The van der Waals surface area contributed by atoms with Gasteiger partial charge in [-0.05, 0) is 43.7 Å². The lowest BCUT2D eigenvalue weighted by molar-refractivity contribution is -0.151. The molecule has 0 aromatic carbocycles. The summed E-state index contributed by atoms with van der Waals surface area (Å²) in [5.74, 6) is -1.84. The number of nitrogens with two attached hydrogens (primary N) is 1. The molecule has 0 spiro atoms. The zero-order chi connectivity index (χ0) is 24.0. The molecule has 4 amide bonds. The number of carbonyl (C=O) groups excluding carboxylic acids is 4. The van der Waals surface area contributed by atoms with Crippen molar-refractivity contribution >= 4 is 29.3 Å². The Morgan fingerprint density at radius 2 is 1.91 bits per heavy atom. The van der Waals surface area contributed by atoms with Crippen LogP contribution < -0.4 is 11.1 Å². The summed E-state index contributed by atoms with van der Waals surface area (Å²) >= 11 is 0. The van der Waals surface area contributed by atoms with Crippen LogP contribution in [0.1, 0.15) is 68.8 Å². The Kier molecular flexibility index (Phi) is 8.35. The fourth-order valence-corrected chi connectivity index (χ4v) is 4.55. The van der Waals surface area contributed by atoms with Gasteiger partial charge in [-0.3, -0.25) is 24.1 Å². The molecule has 1 atom stereocenters. The molecule has 1 aromatic rings. The number of nitrogens with zero attached hydrogens (tertiary/aromatic N) is 3. The van der Waals surface area contributed by atoms with Crippen LogP contribution in [0, 0.1) is 11.9 Å². The second-order valence-electron chi connectivity index (χ2n) is 8.70. The smallest absolute Gasteiger partial charge is 0.269 e. The highest BCUT2D eigenvalue weighted by Crippen LogP contribution is 2.27. The van der Waals surface area contributed by atoms with E-state index in [1.807, 2.05) is 0 Å².